The first kappa shape index (κ1) is 14.7. The van der Waals surface area contributed by atoms with Crippen molar-refractivity contribution in [3.63, 3.8) is 0 Å². The monoisotopic (exact) mass is 248 g/mol. The number of carbonyl (C=O) groups is 1. The minimum Gasteiger partial charge on any atom is -0.465 e. The molecule has 0 aliphatic rings. The van der Waals surface area contributed by atoms with Crippen molar-refractivity contribution >= 4 is 5.97 Å². The van der Waals surface area contributed by atoms with E-state index in [0.29, 0.717) is 0 Å². The molecule has 0 fully saturated rings. The lowest BCUT2D eigenvalue weighted by Gasteiger charge is -2.28. The Balaban J connectivity index is 3.82. The summed E-state index contributed by atoms with van der Waals surface area (Å²) in [4.78, 5) is 12.1. The molecule has 1 aromatic rings. The fraction of sp³-hybridized carbons (Fsp3) is 0.562. The van der Waals surface area contributed by atoms with E-state index in [9.17, 15) is 4.79 Å². The van der Waals surface area contributed by atoms with Gasteiger partial charge in [-0.2, -0.15) is 0 Å². The molecule has 0 unspecified atom stereocenters. The number of hydrogen-bond acceptors (Lipinski definition) is 2. The first-order chi connectivity index (χ1) is 8.12. The number of ether oxygens (including phenoxy) is 1. The third-order valence-electron chi connectivity index (χ3n) is 3.83. The van der Waals surface area contributed by atoms with Crippen LogP contribution < -0.4 is 0 Å². The van der Waals surface area contributed by atoms with Crippen LogP contribution in [0.25, 0.3) is 0 Å². The van der Waals surface area contributed by atoms with E-state index in [2.05, 4.69) is 41.5 Å². The van der Waals surface area contributed by atoms with E-state index in [-0.39, 0.29) is 11.4 Å². The van der Waals surface area contributed by atoms with Gasteiger partial charge in [-0.15, -0.1) is 0 Å². The molecule has 18 heavy (non-hydrogen) atoms. The van der Waals surface area contributed by atoms with Gasteiger partial charge >= 0.3 is 5.97 Å². The number of rotatable bonds is 1. The Morgan fingerprint density at radius 3 is 1.72 bits per heavy atom. The third kappa shape index (κ3) is 2.29. The maximum Gasteiger partial charge on any atom is 0.338 e. The molecule has 0 heterocycles. The lowest BCUT2D eigenvalue weighted by molar-refractivity contribution is 0.0596. The quantitative estimate of drug-likeness (QED) is 0.702. The van der Waals surface area contributed by atoms with Gasteiger partial charge in [0.2, 0.25) is 0 Å². The molecule has 0 bridgehead atoms. The maximum atomic E-state index is 12.1. The standard InChI is InChI=1S/C16H24O2/c1-9-10(2)12(4)14(16(5,6)7)13(11(9)3)15(17)18-8/h1-8H3. The second kappa shape index (κ2) is 4.75. The first-order valence-corrected chi connectivity index (χ1v) is 6.32. The zero-order valence-corrected chi connectivity index (χ0v) is 12.8. The highest BCUT2D eigenvalue weighted by atomic mass is 16.5. The normalized spacial score (nSPS) is 11.6. The number of methoxy groups -OCH3 is 1. The molecule has 2 nitrogen and oxygen atoms in total. The average molecular weight is 248 g/mol. The van der Waals surface area contributed by atoms with Crippen molar-refractivity contribution in [1.82, 2.24) is 0 Å². The Labute approximate surface area is 110 Å². The van der Waals surface area contributed by atoms with Crippen molar-refractivity contribution in [1.29, 1.82) is 0 Å². The molecular weight excluding hydrogens is 224 g/mol. The molecule has 0 N–H and O–H groups in total. The molecular formula is C16H24O2. The van der Waals surface area contributed by atoms with Crippen LogP contribution >= 0.6 is 0 Å². The number of esters is 1. The van der Waals surface area contributed by atoms with Gasteiger partial charge in [-0.05, 0) is 60.9 Å². The van der Waals surface area contributed by atoms with Gasteiger partial charge in [0.1, 0.15) is 0 Å². The molecule has 0 aliphatic heterocycles. The summed E-state index contributed by atoms with van der Waals surface area (Å²) in [5.74, 6) is -0.233. The molecule has 100 valence electrons. The SMILES string of the molecule is COC(=O)c1c(C)c(C)c(C)c(C)c1C(C)(C)C. The molecule has 0 radical (unpaired) electrons. The van der Waals surface area contributed by atoms with Gasteiger partial charge in [-0.1, -0.05) is 20.8 Å². The largest absolute Gasteiger partial charge is 0.465 e. The predicted molar refractivity (Wildman–Crippen MR) is 75.4 cm³/mol. The number of benzene rings is 1. The van der Waals surface area contributed by atoms with Crippen molar-refractivity contribution in [3.8, 4) is 0 Å². The van der Waals surface area contributed by atoms with Gasteiger partial charge < -0.3 is 4.74 Å². The van der Waals surface area contributed by atoms with E-state index < -0.39 is 0 Å². The zero-order valence-electron chi connectivity index (χ0n) is 12.8. The summed E-state index contributed by atoms with van der Waals surface area (Å²) in [5, 5.41) is 0. The van der Waals surface area contributed by atoms with Crippen molar-refractivity contribution in [2.45, 2.75) is 53.9 Å². The highest BCUT2D eigenvalue weighted by Crippen LogP contribution is 2.35. The summed E-state index contributed by atoms with van der Waals surface area (Å²) in [6, 6.07) is 0. The van der Waals surface area contributed by atoms with Gasteiger partial charge in [-0.25, -0.2) is 4.79 Å². The van der Waals surface area contributed by atoms with Gasteiger partial charge in [-0.3, -0.25) is 0 Å². The lowest BCUT2D eigenvalue weighted by Crippen LogP contribution is -2.22. The van der Waals surface area contributed by atoms with Crippen molar-refractivity contribution < 1.29 is 9.53 Å². The van der Waals surface area contributed by atoms with Gasteiger partial charge in [0.15, 0.2) is 0 Å². The van der Waals surface area contributed by atoms with Crippen LogP contribution in [0.3, 0.4) is 0 Å². The molecule has 0 saturated carbocycles. The Bertz CT molecular complexity index is 491. The fourth-order valence-electron chi connectivity index (χ4n) is 2.61. The van der Waals surface area contributed by atoms with Crippen LogP contribution in [0.4, 0.5) is 0 Å². The molecule has 0 spiro atoms. The smallest absolute Gasteiger partial charge is 0.338 e. The van der Waals surface area contributed by atoms with E-state index in [1.807, 2.05) is 6.92 Å². The Morgan fingerprint density at radius 2 is 1.33 bits per heavy atom. The van der Waals surface area contributed by atoms with Crippen LogP contribution in [0.5, 0.6) is 0 Å². The van der Waals surface area contributed by atoms with Crippen LogP contribution in [0.2, 0.25) is 0 Å². The van der Waals surface area contributed by atoms with E-state index in [4.69, 9.17) is 4.74 Å². The summed E-state index contributed by atoms with van der Waals surface area (Å²) < 4.78 is 4.96. The molecule has 0 aliphatic carbocycles. The minimum atomic E-state index is -0.233. The van der Waals surface area contributed by atoms with E-state index in [1.54, 1.807) is 0 Å². The molecule has 1 aromatic carbocycles. The average Bonchev–Trinajstić information content (AvgIpc) is 2.28. The fourth-order valence-corrected chi connectivity index (χ4v) is 2.61. The summed E-state index contributed by atoms with van der Waals surface area (Å²) >= 11 is 0. The van der Waals surface area contributed by atoms with Crippen LogP contribution in [-0.2, 0) is 10.2 Å². The minimum absolute atomic E-state index is 0.0726. The summed E-state index contributed by atoms with van der Waals surface area (Å²) in [5.41, 5.74) is 6.46. The molecule has 0 amide bonds. The van der Waals surface area contributed by atoms with E-state index >= 15 is 0 Å². The predicted octanol–water partition coefficient (Wildman–Crippen LogP) is 4.00. The number of hydrogen-bond donors (Lipinski definition) is 0. The summed E-state index contributed by atoms with van der Waals surface area (Å²) in [6.07, 6.45) is 0. The zero-order chi connectivity index (χ0) is 14.2. The molecule has 0 saturated heterocycles. The van der Waals surface area contributed by atoms with Crippen molar-refractivity contribution in [2.75, 3.05) is 7.11 Å². The Morgan fingerprint density at radius 1 is 0.889 bits per heavy atom. The maximum absolute atomic E-state index is 12.1. The van der Waals surface area contributed by atoms with Crippen molar-refractivity contribution in [3.05, 3.63) is 33.4 Å². The highest BCUT2D eigenvalue weighted by molar-refractivity contribution is 5.94. The summed E-state index contributed by atoms with van der Waals surface area (Å²) in [6.45, 7) is 14.7. The van der Waals surface area contributed by atoms with Gasteiger partial charge in [0.05, 0.1) is 12.7 Å². The van der Waals surface area contributed by atoms with Crippen LogP contribution in [0, 0.1) is 27.7 Å². The molecule has 0 atom stereocenters. The molecule has 1 rings (SSSR count). The summed E-state index contributed by atoms with van der Waals surface area (Å²) in [7, 11) is 1.44. The van der Waals surface area contributed by atoms with Gasteiger partial charge in [0.25, 0.3) is 0 Å². The van der Waals surface area contributed by atoms with Gasteiger partial charge in [0, 0.05) is 0 Å². The molecule has 0 aromatic heterocycles. The van der Waals surface area contributed by atoms with Crippen molar-refractivity contribution in [2.24, 2.45) is 0 Å². The number of carbonyl (C=O) groups excluding carboxylic acids is 1. The van der Waals surface area contributed by atoms with E-state index in [0.717, 1.165) is 16.7 Å². The topological polar surface area (TPSA) is 26.3 Å². The third-order valence-corrected chi connectivity index (χ3v) is 3.83. The highest BCUT2D eigenvalue weighted by Gasteiger charge is 2.28. The second-order valence-electron chi connectivity index (χ2n) is 5.99. The first-order valence-electron chi connectivity index (χ1n) is 6.32. The van der Waals surface area contributed by atoms with E-state index in [1.165, 1.54) is 23.8 Å². The lowest BCUT2D eigenvalue weighted by atomic mass is 9.76. The van der Waals surface area contributed by atoms with Crippen LogP contribution in [0.1, 0.15) is 58.9 Å². The molecule has 2 heteroatoms. The Kier molecular flexibility index (Phi) is 3.89. The van der Waals surface area contributed by atoms with Crippen LogP contribution in [-0.4, -0.2) is 13.1 Å². The second-order valence-corrected chi connectivity index (χ2v) is 5.99. The Hall–Kier alpha value is -1.31. The van der Waals surface area contributed by atoms with Crippen LogP contribution in [0.15, 0.2) is 0 Å².